The van der Waals surface area contributed by atoms with E-state index >= 15 is 0 Å². The number of carbonyl (C=O) groups is 1. The molecule has 6 nitrogen and oxygen atoms in total. The van der Waals surface area contributed by atoms with Gasteiger partial charge in [-0.15, -0.1) is 0 Å². The second-order valence-corrected chi connectivity index (χ2v) is 5.32. The summed E-state index contributed by atoms with van der Waals surface area (Å²) in [6, 6.07) is 5.47. The third-order valence-corrected chi connectivity index (χ3v) is 3.20. The molecule has 2 aromatic rings. The molecule has 106 valence electrons. The molecule has 0 aliphatic carbocycles. The number of rotatable bonds is 4. The molecule has 0 spiro atoms. The first-order chi connectivity index (χ1) is 9.44. The molecule has 1 aromatic heterocycles. The van der Waals surface area contributed by atoms with Crippen molar-refractivity contribution >= 4 is 28.3 Å². The van der Waals surface area contributed by atoms with Crippen molar-refractivity contribution in [1.82, 2.24) is 15.3 Å². The number of benzene rings is 1. The van der Waals surface area contributed by atoms with Crippen LogP contribution in [0.2, 0.25) is 0 Å². The fraction of sp³-hybridized carbons (Fsp3) is 0.357. The van der Waals surface area contributed by atoms with Crippen LogP contribution < -0.4 is 16.4 Å². The highest BCUT2D eigenvalue weighted by Gasteiger charge is 2.26. The molecule has 0 radical (unpaired) electrons. The van der Waals surface area contributed by atoms with Crippen LogP contribution in [0.5, 0.6) is 0 Å². The third kappa shape index (κ3) is 2.79. The normalized spacial score (nSPS) is 11.3. The number of fused-ring (bicyclic) bond motifs is 1. The molecule has 20 heavy (non-hydrogen) atoms. The highest BCUT2D eigenvalue weighted by atomic mass is 16.2. The first kappa shape index (κ1) is 14.0. The summed E-state index contributed by atoms with van der Waals surface area (Å²) >= 11 is 0. The Bertz CT molecular complexity index is 638. The SMILES string of the molecule is CNC(=O)C(C)(C)CNc1ncnc2ccc(N)cc12. The number of carbonyl (C=O) groups excluding carboxylic acids is 1. The van der Waals surface area contributed by atoms with Gasteiger partial charge in [0.1, 0.15) is 12.1 Å². The molecule has 2 rings (SSSR count). The number of nitrogens with one attached hydrogen (secondary N) is 2. The zero-order valence-corrected chi connectivity index (χ0v) is 11.9. The van der Waals surface area contributed by atoms with E-state index in [1.807, 2.05) is 26.0 Å². The topological polar surface area (TPSA) is 92.9 Å². The molecule has 0 saturated heterocycles. The van der Waals surface area contributed by atoms with E-state index in [0.717, 1.165) is 10.9 Å². The van der Waals surface area contributed by atoms with E-state index < -0.39 is 5.41 Å². The highest BCUT2D eigenvalue weighted by molar-refractivity contribution is 5.91. The molecule has 1 heterocycles. The van der Waals surface area contributed by atoms with Crippen molar-refractivity contribution in [3.05, 3.63) is 24.5 Å². The van der Waals surface area contributed by atoms with Crippen molar-refractivity contribution < 1.29 is 4.79 Å². The number of hydrogen-bond donors (Lipinski definition) is 3. The van der Waals surface area contributed by atoms with Crippen LogP contribution in [-0.2, 0) is 4.79 Å². The van der Waals surface area contributed by atoms with Crippen LogP contribution in [0.3, 0.4) is 0 Å². The van der Waals surface area contributed by atoms with Gasteiger partial charge in [-0.3, -0.25) is 4.79 Å². The lowest BCUT2D eigenvalue weighted by Crippen LogP contribution is -2.39. The van der Waals surface area contributed by atoms with Gasteiger partial charge in [0, 0.05) is 24.7 Å². The number of nitrogens with two attached hydrogens (primary N) is 1. The smallest absolute Gasteiger partial charge is 0.227 e. The van der Waals surface area contributed by atoms with Gasteiger partial charge in [-0.25, -0.2) is 9.97 Å². The van der Waals surface area contributed by atoms with Crippen molar-refractivity contribution in [3.8, 4) is 0 Å². The average Bonchev–Trinajstić information content (AvgIpc) is 2.44. The van der Waals surface area contributed by atoms with Crippen LogP contribution in [0.15, 0.2) is 24.5 Å². The van der Waals surface area contributed by atoms with Gasteiger partial charge in [-0.2, -0.15) is 0 Å². The summed E-state index contributed by atoms with van der Waals surface area (Å²) in [4.78, 5) is 20.2. The number of nitrogen functional groups attached to an aromatic ring is 1. The highest BCUT2D eigenvalue weighted by Crippen LogP contribution is 2.23. The Labute approximate surface area is 117 Å². The lowest BCUT2D eigenvalue weighted by molar-refractivity contribution is -0.128. The number of amides is 1. The molecule has 0 unspecified atom stereocenters. The zero-order chi connectivity index (χ0) is 14.8. The molecule has 0 aliphatic heterocycles. The average molecular weight is 273 g/mol. The minimum Gasteiger partial charge on any atom is -0.399 e. The maximum absolute atomic E-state index is 11.8. The summed E-state index contributed by atoms with van der Waals surface area (Å²) < 4.78 is 0. The number of nitrogens with zero attached hydrogens (tertiary/aromatic N) is 2. The molecular formula is C14H19N5O. The maximum Gasteiger partial charge on any atom is 0.227 e. The van der Waals surface area contributed by atoms with E-state index in [-0.39, 0.29) is 5.91 Å². The quantitative estimate of drug-likeness (QED) is 0.732. The molecule has 0 atom stereocenters. The van der Waals surface area contributed by atoms with E-state index in [1.54, 1.807) is 13.1 Å². The maximum atomic E-state index is 11.8. The predicted molar refractivity (Wildman–Crippen MR) is 80.3 cm³/mol. The Balaban J connectivity index is 2.26. The summed E-state index contributed by atoms with van der Waals surface area (Å²) in [7, 11) is 1.63. The first-order valence-electron chi connectivity index (χ1n) is 6.40. The van der Waals surface area contributed by atoms with E-state index in [9.17, 15) is 4.79 Å². The van der Waals surface area contributed by atoms with E-state index in [0.29, 0.717) is 18.1 Å². The molecule has 1 aromatic carbocycles. The summed E-state index contributed by atoms with van der Waals surface area (Å²) in [5, 5.41) is 6.71. The Kier molecular flexibility index (Phi) is 3.74. The lowest BCUT2D eigenvalue weighted by Gasteiger charge is -2.23. The molecule has 0 saturated carbocycles. The second kappa shape index (κ2) is 5.32. The van der Waals surface area contributed by atoms with Crippen LogP contribution >= 0.6 is 0 Å². The van der Waals surface area contributed by atoms with Crippen molar-refractivity contribution in [3.63, 3.8) is 0 Å². The molecule has 0 fully saturated rings. The van der Waals surface area contributed by atoms with Crippen molar-refractivity contribution in [2.24, 2.45) is 5.41 Å². The Morgan fingerprint density at radius 3 is 2.80 bits per heavy atom. The van der Waals surface area contributed by atoms with Gasteiger partial charge in [-0.05, 0) is 32.0 Å². The molecule has 0 aliphatic rings. The lowest BCUT2D eigenvalue weighted by atomic mass is 9.92. The minimum atomic E-state index is -0.535. The van der Waals surface area contributed by atoms with Gasteiger partial charge in [-0.1, -0.05) is 0 Å². The first-order valence-corrected chi connectivity index (χ1v) is 6.40. The predicted octanol–water partition coefficient (Wildman–Crippen LogP) is 1.40. The van der Waals surface area contributed by atoms with Crippen LogP contribution in [0, 0.1) is 5.41 Å². The standard InChI is InChI=1S/C14H19N5O/c1-14(2,13(20)16-3)7-17-12-10-6-9(15)4-5-11(10)18-8-19-12/h4-6,8H,7,15H2,1-3H3,(H,16,20)(H,17,18,19). The number of anilines is 2. The number of aromatic nitrogens is 2. The largest absolute Gasteiger partial charge is 0.399 e. The van der Waals surface area contributed by atoms with Crippen LogP contribution in [0.4, 0.5) is 11.5 Å². The molecule has 0 bridgehead atoms. The minimum absolute atomic E-state index is 0.0251. The Hall–Kier alpha value is -2.37. The van der Waals surface area contributed by atoms with Crippen LogP contribution in [0.1, 0.15) is 13.8 Å². The van der Waals surface area contributed by atoms with E-state index in [4.69, 9.17) is 5.73 Å². The second-order valence-electron chi connectivity index (χ2n) is 5.32. The summed E-state index contributed by atoms with van der Waals surface area (Å²) in [6.07, 6.45) is 1.49. The van der Waals surface area contributed by atoms with Gasteiger partial charge in [0.2, 0.25) is 5.91 Å². The van der Waals surface area contributed by atoms with Crippen LogP contribution in [-0.4, -0.2) is 29.5 Å². The molecule has 1 amide bonds. The summed E-state index contributed by atoms with van der Waals surface area (Å²) in [5.41, 5.74) is 6.73. The van der Waals surface area contributed by atoms with Gasteiger partial charge in [0.05, 0.1) is 10.9 Å². The number of hydrogen-bond acceptors (Lipinski definition) is 5. The molecule has 4 N–H and O–H groups in total. The van der Waals surface area contributed by atoms with Crippen molar-refractivity contribution in [2.45, 2.75) is 13.8 Å². The van der Waals surface area contributed by atoms with Crippen molar-refractivity contribution in [1.29, 1.82) is 0 Å². The Morgan fingerprint density at radius 2 is 2.10 bits per heavy atom. The zero-order valence-electron chi connectivity index (χ0n) is 11.9. The molecule has 6 heteroatoms. The molecular weight excluding hydrogens is 254 g/mol. The van der Waals surface area contributed by atoms with E-state index in [2.05, 4.69) is 20.6 Å². The third-order valence-electron chi connectivity index (χ3n) is 3.20. The summed E-state index contributed by atoms with van der Waals surface area (Å²) in [6.45, 7) is 4.21. The fourth-order valence-corrected chi connectivity index (χ4v) is 1.94. The van der Waals surface area contributed by atoms with Gasteiger partial charge < -0.3 is 16.4 Å². The van der Waals surface area contributed by atoms with Gasteiger partial charge in [0.15, 0.2) is 0 Å². The summed E-state index contributed by atoms with van der Waals surface area (Å²) in [5.74, 6) is 0.655. The van der Waals surface area contributed by atoms with Gasteiger partial charge in [0.25, 0.3) is 0 Å². The fourth-order valence-electron chi connectivity index (χ4n) is 1.94. The Morgan fingerprint density at radius 1 is 1.35 bits per heavy atom. The van der Waals surface area contributed by atoms with Crippen molar-refractivity contribution in [2.75, 3.05) is 24.6 Å². The van der Waals surface area contributed by atoms with E-state index in [1.165, 1.54) is 6.33 Å². The van der Waals surface area contributed by atoms with Crippen LogP contribution in [0.25, 0.3) is 10.9 Å². The monoisotopic (exact) mass is 273 g/mol. The van der Waals surface area contributed by atoms with Gasteiger partial charge >= 0.3 is 0 Å².